The third-order valence-corrected chi connectivity index (χ3v) is 2.51. The third-order valence-electron chi connectivity index (χ3n) is 2.18. The minimum absolute atomic E-state index is 0.0314. The SMILES string of the molecule is N[C@H](c1cc2c(cc1Cl)OCO2)C(F)(F)F. The zero-order chi connectivity index (χ0) is 11.9. The lowest BCUT2D eigenvalue weighted by Gasteiger charge is -2.17. The molecule has 0 bridgehead atoms. The van der Waals surface area contributed by atoms with E-state index in [4.69, 9.17) is 26.8 Å². The summed E-state index contributed by atoms with van der Waals surface area (Å²) in [6.07, 6.45) is -4.54. The molecule has 0 saturated heterocycles. The summed E-state index contributed by atoms with van der Waals surface area (Å²) in [5, 5.41) is -0.0888. The van der Waals surface area contributed by atoms with E-state index in [0.717, 1.165) is 6.07 Å². The fourth-order valence-corrected chi connectivity index (χ4v) is 1.62. The minimum Gasteiger partial charge on any atom is -0.454 e. The topological polar surface area (TPSA) is 44.5 Å². The lowest BCUT2D eigenvalue weighted by Crippen LogP contribution is -2.28. The van der Waals surface area contributed by atoms with Gasteiger partial charge in [-0.3, -0.25) is 0 Å². The van der Waals surface area contributed by atoms with Crippen molar-refractivity contribution < 1.29 is 22.6 Å². The van der Waals surface area contributed by atoms with Crippen LogP contribution in [0.4, 0.5) is 13.2 Å². The van der Waals surface area contributed by atoms with Gasteiger partial charge in [-0.05, 0) is 6.07 Å². The maximum absolute atomic E-state index is 12.4. The van der Waals surface area contributed by atoms with Gasteiger partial charge in [-0.25, -0.2) is 0 Å². The quantitative estimate of drug-likeness (QED) is 0.837. The highest BCUT2D eigenvalue weighted by molar-refractivity contribution is 6.31. The number of hydrogen-bond acceptors (Lipinski definition) is 3. The molecular weight excluding hydrogens is 247 g/mol. The lowest BCUT2D eigenvalue weighted by molar-refractivity contribution is -0.149. The second-order valence-corrected chi connectivity index (χ2v) is 3.65. The van der Waals surface area contributed by atoms with Gasteiger partial charge in [0.15, 0.2) is 11.5 Å². The highest BCUT2D eigenvalue weighted by Gasteiger charge is 2.39. The maximum Gasteiger partial charge on any atom is 0.407 e. The summed E-state index contributed by atoms with van der Waals surface area (Å²) in [7, 11) is 0. The summed E-state index contributed by atoms with van der Waals surface area (Å²) in [6.45, 7) is -0.0314. The Labute approximate surface area is 93.9 Å². The fraction of sp³-hybridized carbons (Fsp3) is 0.333. The van der Waals surface area contributed by atoms with E-state index in [2.05, 4.69) is 0 Å². The molecular formula is C9H7ClF3NO2. The molecule has 0 fully saturated rings. The molecule has 0 spiro atoms. The number of benzene rings is 1. The molecule has 1 aromatic carbocycles. The molecule has 0 amide bonds. The predicted octanol–water partition coefficient (Wildman–Crippen LogP) is 2.63. The zero-order valence-electron chi connectivity index (χ0n) is 7.84. The summed E-state index contributed by atoms with van der Waals surface area (Å²) in [5.41, 5.74) is 4.84. The van der Waals surface area contributed by atoms with Crippen molar-refractivity contribution in [3.63, 3.8) is 0 Å². The summed E-state index contributed by atoms with van der Waals surface area (Å²) < 4.78 is 47.2. The highest BCUT2D eigenvalue weighted by Crippen LogP contribution is 2.41. The van der Waals surface area contributed by atoms with Crippen molar-refractivity contribution >= 4 is 11.6 Å². The fourth-order valence-electron chi connectivity index (χ4n) is 1.35. The van der Waals surface area contributed by atoms with Crippen LogP contribution in [0.3, 0.4) is 0 Å². The van der Waals surface area contributed by atoms with Crippen LogP contribution in [0.2, 0.25) is 5.02 Å². The van der Waals surface area contributed by atoms with Crippen LogP contribution < -0.4 is 15.2 Å². The van der Waals surface area contributed by atoms with Gasteiger partial charge >= 0.3 is 6.18 Å². The molecule has 0 saturated carbocycles. The number of fused-ring (bicyclic) bond motifs is 1. The summed E-state index contributed by atoms with van der Waals surface area (Å²) in [5.74, 6) is 0.544. The summed E-state index contributed by atoms with van der Waals surface area (Å²) in [6, 6.07) is 0.294. The summed E-state index contributed by atoms with van der Waals surface area (Å²) >= 11 is 5.69. The van der Waals surface area contributed by atoms with Gasteiger partial charge in [0.1, 0.15) is 6.04 Å². The van der Waals surface area contributed by atoms with Crippen molar-refractivity contribution in [3.8, 4) is 11.5 Å². The number of nitrogens with two attached hydrogens (primary N) is 1. The first-order valence-corrected chi connectivity index (χ1v) is 4.68. The van der Waals surface area contributed by atoms with E-state index in [1.807, 2.05) is 0 Å². The van der Waals surface area contributed by atoms with Gasteiger partial charge in [0, 0.05) is 16.7 Å². The average Bonchev–Trinajstić information content (AvgIpc) is 2.60. The van der Waals surface area contributed by atoms with Gasteiger partial charge in [-0.2, -0.15) is 13.2 Å². The molecule has 0 radical (unpaired) electrons. The predicted molar refractivity (Wildman–Crippen MR) is 50.6 cm³/mol. The van der Waals surface area contributed by atoms with Crippen molar-refractivity contribution in [2.75, 3.05) is 6.79 Å². The molecule has 7 heteroatoms. The van der Waals surface area contributed by atoms with Crippen molar-refractivity contribution in [1.82, 2.24) is 0 Å². The molecule has 2 N–H and O–H groups in total. The maximum atomic E-state index is 12.4. The lowest BCUT2D eigenvalue weighted by atomic mass is 10.1. The molecule has 1 aliphatic rings. The van der Waals surface area contributed by atoms with E-state index in [1.165, 1.54) is 6.07 Å². The molecule has 2 rings (SSSR count). The summed E-state index contributed by atoms with van der Waals surface area (Å²) in [4.78, 5) is 0. The van der Waals surface area contributed by atoms with Crippen LogP contribution in [0.5, 0.6) is 11.5 Å². The van der Waals surface area contributed by atoms with Crippen molar-refractivity contribution in [2.24, 2.45) is 5.73 Å². The van der Waals surface area contributed by atoms with E-state index in [-0.39, 0.29) is 23.1 Å². The standard InChI is InChI=1S/C9H7ClF3NO2/c10-5-2-7-6(15-3-16-7)1-4(5)8(14)9(11,12)13/h1-2,8H,3,14H2/t8-/m1/s1. The van der Waals surface area contributed by atoms with Crippen molar-refractivity contribution in [3.05, 3.63) is 22.7 Å². The van der Waals surface area contributed by atoms with E-state index < -0.39 is 12.2 Å². The molecule has 0 aliphatic carbocycles. The van der Waals surface area contributed by atoms with E-state index in [0.29, 0.717) is 5.75 Å². The van der Waals surface area contributed by atoms with E-state index >= 15 is 0 Å². The molecule has 3 nitrogen and oxygen atoms in total. The Balaban J connectivity index is 2.42. The van der Waals surface area contributed by atoms with Crippen molar-refractivity contribution in [1.29, 1.82) is 0 Å². The first-order chi connectivity index (χ1) is 7.39. The Kier molecular flexibility index (Phi) is 2.63. The molecule has 1 atom stereocenters. The van der Waals surface area contributed by atoms with Crippen LogP contribution in [-0.4, -0.2) is 13.0 Å². The van der Waals surface area contributed by atoms with Crippen molar-refractivity contribution in [2.45, 2.75) is 12.2 Å². The zero-order valence-corrected chi connectivity index (χ0v) is 8.60. The Morgan fingerprint density at radius 3 is 2.38 bits per heavy atom. The first kappa shape index (κ1) is 11.3. The number of ether oxygens (including phenoxy) is 2. The molecule has 16 heavy (non-hydrogen) atoms. The van der Waals surface area contributed by atoms with Gasteiger partial charge < -0.3 is 15.2 Å². The van der Waals surface area contributed by atoms with Gasteiger partial charge in [0.25, 0.3) is 0 Å². The number of halogens is 4. The first-order valence-electron chi connectivity index (χ1n) is 4.31. The van der Waals surface area contributed by atoms with Crippen LogP contribution in [0, 0.1) is 0 Å². The monoisotopic (exact) mass is 253 g/mol. The molecule has 1 aliphatic heterocycles. The Hall–Kier alpha value is -1.14. The highest BCUT2D eigenvalue weighted by atomic mass is 35.5. The Morgan fingerprint density at radius 2 is 1.81 bits per heavy atom. The molecule has 1 aromatic rings. The van der Waals surface area contributed by atoms with Gasteiger partial charge in [0.2, 0.25) is 6.79 Å². The Morgan fingerprint density at radius 1 is 1.25 bits per heavy atom. The van der Waals surface area contributed by atoms with E-state index in [9.17, 15) is 13.2 Å². The second-order valence-electron chi connectivity index (χ2n) is 3.25. The van der Waals surface area contributed by atoms with Gasteiger partial charge in [0.05, 0.1) is 0 Å². The Bertz CT molecular complexity index is 422. The smallest absolute Gasteiger partial charge is 0.407 e. The molecule has 88 valence electrons. The number of alkyl halides is 3. The van der Waals surface area contributed by atoms with Crippen LogP contribution in [0.25, 0.3) is 0 Å². The molecule has 1 heterocycles. The number of rotatable bonds is 1. The second kappa shape index (κ2) is 3.71. The van der Waals surface area contributed by atoms with Gasteiger partial charge in [-0.15, -0.1) is 0 Å². The largest absolute Gasteiger partial charge is 0.454 e. The minimum atomic E-state index is -4.54. The van der Waals surface area contributed by atoms with Crippen LogP contribution in [-0.2, 0) is 0 Å². The molecule has 0 aromatic heterocycles. The van der Waals surface area contributed by atoms with E-state index in [1.54, 1.807) is 0 Å². The third kappa shape index (κ3) is 1.90. The van der Waals surface area contributed by atoms with Crippen LogP contribution >= 0.6 is 11.6 Å². The van der Waals surface area contributed by atoms with Gasteiger partial charge in [-0.1, -0.05) is 11.6 Å². The normalized spacial score (nSPS) is 16.3. The average molecular weight is 254 g/mol. The number of hydrogen-bond donors (Lipinski definition) is 1. The molecule has 0 unspecified atom stereocenters. The van der Waals surface area contributed by atoms with Crippen LogP contribution in [0.15, 0.2) is 12.1 Å². The van der Waals surface area contributed by atoms with Crippen LogP contribution in [0.1, 0.15) is 11.6 Å².